The van der Waals surface area contributed by atoms with Crippen LogP contribution in [0.25, 0.3) is 0 Å². The molecule has 1 N–H and O–H groups in total. The van der Waals surface area contributed by atoms with Crippen molar-refractivity contribution >= 4 is 0 Å². The Balaban J connectivity index is 2.41. The summed E-state index contributed by atoms with van der Waals surface area (Å²) in [7, 11) is 0. The molecular formula is C8H16N. The third-order valence-electron chi connectivity index (χ3n) is 2.55. The largest absolute Gasteiger partial charge is 0.254 e. The summed E-state index contributed by atoms with van der Waals surface area (Å²) < 4.78 is 0. The molecule has 1 radical (unpaired) electrons. The molecule has 0 amide bonds. The minimum absolute atomic E-state index is 0.221. The van der Waals surface area contributed by atoms with Crippen LogP contribution in [0.15, 0.2) is 0 Å². The Hall–Kier alpha value is -0.0400. The van der Waals surface area contributed by atoms with Crippen LogP contribution in [-0.2, 0) is 0 Å². The van der Waals surface area contributed by atoms with Gasteiger partial charge in [-0.3, -0.25) is 5.73 Å². The van der Waals surface area contributed by atoms with Crippen LogP contribution >= 0.6 is 0 Å². The van der Waals surface area contributed by atoms with Crippen molar-refractivity contribution in [1.82, 2.24) is 5.73 Å². The lowest BCUT2D eigenvalue weighted by Gasteiger charge is -2.30. The van der Waals surface area contributed by atoms with Crippen molar-refractivity contribution in [2.75, 3.05) is 0 Å². The summed E-state index contributed by atoms with van der Waals surface area (Å²) in [6.07, 6.45) is 3.90. The van der Waals surface area contributed by atoms with Gasteiger partial charge in [-0.15, -0.1) is 0 Å². The van der Waals surface area contributed by atoms with Crippen LogP contribution in [0.3, 0.4) is 0 Å². The highest BCUT2D eigenvalue weighted by Crippen LogP contribution is 2.27. The van der Waals surface area contributed by atoms with E-state index in [0.29, 0.717) is 11.8 Å². The maximum Gasteiger partial charge on any atom is 0.0264 e. The zero-order valence-corrected chi connectivity index (χ0v) is 6.35. The average molecular weight is 126 g/mol. The van der Waals surface area contributed by atoms with Gasteiger partial charge in [0, 0.05) is 6.04 Å². The van der Waals surface area contributed by atoms with Crippen molar-refractivity contribution < 1.29 is 0 Å². The smallest absolute Gasteiger partial charge is 0.0264 e. The highest BCUT2D eigenvalue weighted by Gasteiger charge is 2.24. The summed E-state index contributed by atoms with van der Waals surface area (Å²) in [4.78, 5) is 0. The summed E-state index contributed by atoms with van der Waals surface area (Å²) in [5, 5.41) is 0. The molecule has 1 saturated carbocycles. The fraction of sp³-hybridized carbons (Fsp3) is 1.00. The van der Waals surface area contributed by atoms with E-state index in [0.717, 1.165) is 0 Å². The minimum Gasteiger partial charge on any atom is -0.254 e. The van der Waals surface area contributed by atoms with E-state index in [4.69, 9.17) is 5.73 Å². The van der Waals surface area contributed by atoms with Crippen LogP contribution in [0, 0.1) is 11.8 Å². The predicted molar refractivity (Wildman–Crippen MR) is 39.1 cm³/mol. The molecule has 0 aromatic carbocycles. The quantitative estimate of drug-likeness (QED) is 0.474. The van der Waals surface area contributed by atoms with Crippen LogP contribution < -0.4 is 5.73 Å². The Morgan fingerprint density at radius 2 is 1.56 bits per heavy atom. The summed E-state index contributed by atoms with van der Waals surface area (Å²) in [6, 6.07) is 0.221. The third-order valence-corrected chi connectivity index (χ3v) is 2.55. The second-order valence-corrected chi connectivity index (χ2v) is 3.41. The Labute approximate surface area is 57.6 Å². The first-order chi connectivity index (χ1) is 4.22. The summed E-state index contributed by atoms with van der Waals surface area (Å²) in [5.41, 5.74) is 7.68. The van der Waals surface area contributed by atoms with E-state index < -0.39 is 0 Å². The van der Waals surface area contributed by atoms with Crippen molar-refractivity contribution in [2.45, 2.75) is 39.2 Å². The lowest BCUT2D eigenvalue weighted by atomic mass is 9.79. The van der Waals surface area contributed by atoms with Crippen molar-refractivity contribution in [3.8, 4) is 0 Å². The summed E-state index contributed by atoms with van der Waals surface area (Å²) in [5.74, 6) is 1.29. The maximum absolute atomic E-state index is 7.68. The van der Waals surface area contributed by atoms with E-state index in [1.54, 1.807) is 0 Å². The van der Waals surface area contributed by atoms with Gasteiger partial charge in [-0.2, -0.15) is 0 Å². The monoisotopic (exact) mass is 126 g/mol. The highest BCUT2D eigenvalue weighted by molar-refractivity contribution is 4.79. The van der Waals surface area contributed by atoms with Gasteiger partial charge in [-0.05, 0) is 24.7 Å². The molecule has 1 nitrogen and oxygen atoms in total. The lowest BCUT2D eigenvalue weighted by Crippen LogP contribution is -2.31. The molecule has 0 aromatic rings. The first-order valence-corrected chi connectivity index (χ1v) is 3.93. The van der Waals surface area contributed by atoms with Crippen LogP contribution in [0.5, 0.6) is 0 Å². The van der Waals surface area contributed by atoms with Gasteiger partial charge in [0.15, 0.2) is 0 Å². The van der Waals surface area contributed by atoms with Crippen LogP contribution in [0.4, 0.5) is 0 Å². The number of hydrogen-bond acceptors (Lipinski definition) is 0. The first-order valence-electron chi connectivity index (χ1n) is 3.93. The van der Waals surface area contributed by atoms with Crippen molar-refractivity contribution in [3.63, 3.8) is 0 Å². The van der Waals surface area contributed by atoms with Gasteiger partial charge in [-0.25, -0.2) is 0 Å². The van der Waals surface area contributed by atoms with Gasteiger partial charge >= 0.3 is 0 Å². The Bertz CT molecular complexity index is 80.6. The molecule has 1 rings (SSSR count). The molecule has 53 valence electrons. The number of rotatable bonds is 0. The number of hydrogen-bond donors (Lipinski definition) is 0. The summed E-state index contributed by atoms with van der Waals surface area (Å²) >= 11 is 0. The van der Waals surface area contributed by atoms with Crippen molar-refractivity contribution in [2.24, 2.45) is 11.8 Å². The fourth-order valence-electron chi connectivity index (χ4n) is 1.68. The Kier molecular flexibility index (Phi) is 2.12. The van der Waals surface area contributed by atoms with E-state index in [9.17, 15) is 0 Å². The zero-order chi connectivity index (χ0) is 6.85. The Morgan fingerprint density at radius 3 is 1.89 bits per heavy atom. The zero-order valence-electron chi connectivity index (χ0n) is 6.35. The van der Waals surface area contributed by atoms with E-state index >= 15 is 0 Å². The van der Waals surface area contributed by atoms with Gasteiger partial charge in [0.1, 0.15) is 0 Å². The van der Waals surface area contributed by atoms with Gasteiger partial charge in [0.05, 0.1) is 0 Å². The van der Waals surface area contributed by atoms with E-state index in [-0.39, 0.29) is 6.04 Å². The minimum atomic E-state index is 0.221. The molecule has 1 fully saturated rings. The van der Waals surface area contributed by atoms with Crippen molar-refractivity contribution in [1.29, 1.82) is 0 Å². The highest BCUT2D eigenvalue weighted by atomic mass is 14.7. The molecule has 2 atom stereocenters. The molecule has 1 aliphatic carbocycles. The molecule has 0 bridgehead atoms. The van der Waals surface area contributed by atoms with Gasteiger partial charge in [0.2, 0.25) is 0 Å². The topological polar surface area (TPSA) is 23.8 Å². The van der Waals surface area contributed by atoms with E-state index in [2.05, 4.69) is 13.8 Å². The molecule has 2 unspecified atom stereocenters. The maximum atomic E-state index is 7.68. The van der Waals surface area contributed by atoms with Gasteiger partial charge < -0.3 is 0 Å². The molecule has 1 aliphatic rings. The average Bonchev–Trinajstić information content (AvgIpc) is 1.83. The summed E-state index contributed by atoms with van der Waals surface area (Å²) in [6.45, 7) is 4.40. The van der Waals surface area contributed by atoms with Gasteiger partial charge in [-0.1, -0.05) is 20.3 Å². The van der Waals surface area contributed by atoms with Gasteiger partial charge in [0.25, 0.3) is 0 Å². The lowest BCUT2D eigenvalue weighted by molar-refractivity contribution is 0.244. The molecule has 0 aromatic heterocycles. The van der Waals surface area contributed by atoms with Crippen LogP contribution in [0.1, 0.15) is 33.1 Å². The Morgan fingerprint density at radius 1 is 1.11 bits per heavy atom. The van der Waals surface area contributed by atoms with E-state index in [1.807, 2.05) is 0 Å². The van der Waals surface area contributed by atoms with Crippen molar-refractivity contribution in [3.05, 3.63) is 0 Å². The molecule has 0 heterocycles. The fourth-order valence-corrected chi connectivity index (χ4v) is 1.68. The molecule has 0 spiro atoms. The third kappa shape index (κ3) is 1.45. The standard InChI is InChI=1S/C8H16N/c1-6-4-3-5-7(2)8(6)9/h6-9H,3-5H2,1-2H3. The second kappa shape index (κ2) is 2.70. The van der Waals surface area contributed by atoms with Crippen LogP contribution in [0.2, 0.25) is 0 Å². The van der Waals surface area contributed by atoms with Crippen LogP contribution in [-0.4, -0.2) is 6.04 Å². The molecule has 0 saturated heterocycles. The molecule has 1 heteroatoms. The second-order valence-electron chi connectivity index (χ2n) is 3.41. The SMILES string of the molecule is CC1CCCC(C)C1[NH]. The predicted octanol–water partition coefficient (Wildman–Crippen LogP) is 2.09. The number of nitrogens with one attached hydrogen (secondary N) is 1. The molecular weight excluding hydrogens is 110 g/mol. The first kappa shape index (κ1) is 7.07. The normalized spacial score (nSPS) is 45.0. The van der Waals surface area contributed by atoms with E-state index in [1.165, 1.54) is 19.3 Å². The molecule has 0 aliphatic heterocycles. The molecule has 9 heavy (non-hydrogen) atoms.